The van der Waals surface area contributed by atoms with E-state index in [-0.39, 0.29) is 24.9 Å². The number of rotatable bonds is 8. The Labute approximate surface area is 138 Å². The molecule has 0 spiro atoms. The molecule has 1 aliphatic rings. The van der Waals surface area contributed by atoms with E-state index in [1.54, 1.807) is 7.11 Å². The topological polar surface area (TPSA) is 59.6 Å². The van der Waals surface area contributed by atoms with E-state index in [1.807, 2.05) is 24.3 Å². The normalized spacial score (nSPS) is 14.4. The molecule has 0 saturated heterocycles. The summed E-state index contributed by atoms with van der Waals surface area (Å²) in [6, 6.07) is 7.59. The van der Waals surface area contributed by atoms with E-state index >= 15 is 0 Å². The van der Waals surface area contributed by atoms with Crippen LogP contribution in [0.2, 0.25) is 0 Å². The van der Waals surface area contributed by atoms with Crippen LogP contribution >= 0.6 is 12.4 Å². The first-order valence-corrected chi connectivity index (χ1v) is 7.54. The number of methoxy groups -OCH3 is 1. The average Bonchev–Trinajstić information content (AvgIpc) is 2.97. The zero-order chi connectivity index (χ0) is 14.9. The van der Waals surface area contributed by atoms with E-state index in [4.69, 9.17) is 9.47 Å². The van der Waals surface area contributed by atoms with Crippen molar-refractivity contribution >= 4 is 24.0 Å². The Balaban J connectivity index is 0.00000242. The van der Waals surface area contributed by atoms with Crippen LogP contribution in [0.15, 0.2) is 24.3 Å². The Kier molecular flexibility index (Phi) is 8.89. The number of ether oxygens (including phenoxy) is 2. The van der Waals surface area contributed by atoms with Crippen molar-refractivity contribution in [3.05, 3.63) is 24.3 Å². The van der Waals surface area contributed by atoms with Crippen LogP contribution in [0.4, 0.5) is 5.69 Å². The molecule has 0 aliphatic heterocycles. The molecule has 1 fully saturated rings. The van der Waals surface area contributed by atoms with Gasteiger partial charge in [0, 0.05) is 25.4 Å². The number of hydrogen-bond acceptors (Lipinski definition) is 4. The molecule has 0 heterocycles. The van der Waals surface area contributed by atoms with Crippen molar-refractivity contribution in [3.63, 3.8) is 0 Å². The molecular formula is C16H25ClN2O3. The van der Waals surface area contributed by atoms with Crippen molar-refractivity contribution in [3.8, 4) is 5.75 Å². The molecule has 0 unspecified atom stereocenters. The largest absolute Gasteiger partial charge is 0.490 e. The standard InChI is InChI=1S/C16H24N2O3.ClH/c1-20-10-9-17-12-16(19)18-13-5-4-8-15(11-13)21-14-6-2-3-7-14;/h4-5,8,11,14,17H,2-3,6-7,9-10,12H2,1H3,(H,18,19);1H. The van der Waals surface area contributed by atoms with Crippen LogP contribution in [0, 0.1) is 0 Å². The highest BCUT2D eigenvalue weighted by atomic mass is 35.5. The number of benzene rings is 1. The average molecular weight is 329 g/mol. The minimum absolute atomic E-state index is 0. The lowest BCUT2D eigenvalue weighted by molar-refractivity contribution is -0.115. The van der Waals surface area contributed by atoms with Crippen LogP contribution in [0.3, 0.4) is 0 Å². The van der Waals surface area contributed by atoms with Gasteiger partial charge in [0.05, 0.1) is 19.3 Å². The van der Waals surface area contributed by atoms with E-state index in [0.29, 0.717) is 19.3 Å². The zero-order valence-corrected chi connectivity index (χ0v) is 13.8. The van der Waals surface area contributed by atoms with Crippen LogP contribution in [0.5, 0.6) is 5.75 Å². The van der Waals surface area contributed by atoms with E-state index in [2.05, 4.69) is 10.6 Å². The minimum atomic E-state index is -0.0656. The summed E-state index contributed by atoms with van der Waals surface area (Å²) in [5, 5.41) is 5.87. The summed E-state index contributed by atoms with van der Waals surface area (Å²) in [6.07, 6.45) is 5.06. The van der Waals surface area contributed by atoms with Gasteiger partial charge in [-0.05, 0) is 37.8 Å². The molecule has 0 bridgehead atoms. The van der Waals surface area contributed by atoms with Crippen LogP contribution < -0.4 is 15.4 Å². The van der Waals surface area contributed by atoms with Gasteiger partial charge in [-0.3, -0.25) is 4.79 Å². The van der Waals surface area contributed by atoms with Crippen LogP contribution in [0.25, 0.3) is 0 Å². The first-order valence-electron chi connectivity index (χ1n) is 7.54. The highest BCUT2D eigenvalue weighted by molar-refractivity contribution is 5.92. The maximum absolute atomic E-state index is 11.8. The lowest BCUT2D eigenvalue weighted by Crippen LogP contribution is -2.30. The minimum Gasteiger partial charge on any atom is -0.490 e. The summed E-state index contributed by atoms with van der Waals surface area (Å²) in [7, 11) is 1.64. The highest BCUT2D eigenvalue weighted by Crippen LogP contribution is 2.25. The van der Waals surface area contributed by atoms with E-state index < -0.39 is 0 Å². The van der Waals surface area contributed by atoms with E-state index in [9.17, 15) is 4.79 Å². The Morgan fingerprint density at radius 3 is 2.82 bits per heavy atom. The summed E-state index contributed by atoms with van der Waals surface area (Å²) in [6.45, 7) is 1.53. The SMILES string of the molecule is COCCNCC(=O)Nc1cccc(OC2CCCC2)c1.Cl. The first-order chi connectivity index (χ1) is 10.3. The van der Waals surface area contributed by atoms with Gasteiger partial charge in [-0.15, -0.1) is 12.4 Å². The lowest BCUT2D eigenvalue weighted by atomic mass is 10.2. The second kappa shape index (κ2) is 10.4. The van der Waals surface area contributed by atoms with Crippen LogP contribution in [-0.4, -0.2) is 38.8 Å². The third kappa shape index (κ3) is 6.64. The number of amides is 1. The third-order valence-corrected chi connectivity index (χ3v) is 3.49. The smallest absolute Gasteiger partial charge is 0.238 e. The van der Waals surface area contributed by atoms with Gasteiger partial charge in [0.1, 0.15) is 5.75 Å². The van der Waals surface area contributed by atoms with Gasteiger partial charge in [-0.1, -0.05) is 6.07 Å². The molecule has 22 heavy (non-hydrogen) atoms. The van der Waals surface area contributed by atoms with Gasteiger partial charge in [-0.25, -0.2) is 0 Å². The predicted octanol–water partition coefficient (Wildman–Crippen LogP) is 2.60. The van der Waals surface area contributed by atoms with Crippen molar-refractivity contribution < 1.29 is 14.3 Å². The fraction of sp³-hybridized carbons (Fsp3) is 0.562. The Morgan fingerprint density at radius 2 is 2.09 bits per heavy atom. The molecule has 1 aromatic carbocycles. The Bertz CT molecular complexity index is 451. The highest BCUT2D eigenvalue weighted by Gasteiger charge is 2.16. The van der Waals surface area contributed by atoms with E-state index in [1.165, 1.54) is 12.8 Å². The summed E-state index contributed by atoms with van der Waals surface area (Å²) in [4.78, 5) is 11.8. The molecule has 2 rings (SSSR count). The molecule has 1 aliphatic carbocycles. The number of nitrogens with one attached hydrogen (secondary N) is 2. The van der Waals surface area contributed by atoms with Crippen molar-refractivity contribution in [2.75, 3.05) is 32.1 Å². The van der Waals surface area contributed by atoms with Gasteiger partial charge in [0.25, 0.3) is 0 Å². The fourth-order valence-corrected chi connectivity index (χ4v) is 2.43. The predicted molar refractivity (Wildman–Crippen MR) is 89.9 cm³/mol. The van der Waals surface area contributed by atoms with Crippen LogP contribution in [0.1, 0.15) is 25.7 Å². The molecule has 124 valence electrons. The molecule has 2 N–H and O–H groups in total. The zero-order valence-electron chi connectivity index (χ0n) is 13.0. The maximum atomic E-state index is 11.8. The van der Waals surface area contributed by atoms with Crippen molar-refractivity contribution in [2.24, 2.45) is 0 Å². The Hall–Kier alpha value is -1.30. The van der Waals surface area contributed by atoms with Crippen molar-refractivity contribution in [2.45, 2.75) is 31.8 Å². The first kappa shape index (κ1) is 18.7. The third-order valence-electron chi connectivity index (χ3n) is 3.49. The molecule has 0 aromatic heterocycles. The summed E-state index contributed by atoms with van der Waals surface area (Å²) >= 11 is 0. The summed E-state index contributed by atoms with van der Waals surface area (Å²) < 4.78 is 10.8. The fourth-order valence-electron chi connectivity index (χ4n) is 2.43. The second-order valence-corrected chi connectivity index (χ2v) is 5.27. The molecule has 0 atom stereocenters. The quantitative estimate of drug-likeness (QED) is 0.720. The molecule has 1 aromatic rings. The number of hydrogen-bond donors (Lipinski definition) is 2. The molecule has 0 radical (unpaired) electrons. The number of anilines is 1. The monoisotopic (exact) mass is 328 g/mol. The van der Waals surface area contributed by atoms with Crippen molar-refractivity contribution in [1.82, 2.24) is 5.32 Å². The Morgan fingerprint density at radius 1 is 1.32 bits per heavy atom. The maximum Gasteiger partial charge on any atom is 0.238 e. The number of carbonyl (C=O) groups excluding carboxylic acids is 1. The van der Waals surface area contributed by atoms with Crippen LogP contribution in [-0.2, 0) is 9.53 Å². The molecule has 6 heteroatoms. The van der Waals surface area contributed by atoms with Gasteiger partial charge in [0.2, 0.25) is 5.91 Å². The van der Waals surface area contributed by atoms with E-state index in [0.717, 1.165) is 24.3 Å². The molecule has 5 nitrogen and oxygen atoms in total. The summed E-state index contributed by atoms with van der Waals surface area (Å²) in [5.41, 5.74) is 0.768. The van der Waals surface area contributed by atoms with Gasteiger partial charge in [-0.2, -0.15) is 0 Å². The number of halogens is 1. The molecule has 1 amide bonds. The summed E-state index contributed by atoms with van der Waals surface area (Å²) in [5.74, 6) is 0.760. The molecular weight excluding hydrogens is 304 g/mol. The second-order valence-electron chi connectivity index (χ2n) is 5.27. The van der Waals surface area contributed by atoms with Gasteiger partial charge < -0.3 is 20.1 Å². The molecule has 1 saturated carbocycles. The van der Waals surface area contributed by atoms with Gasteiger partial charge >= 0.3 is 0 Å². The number of carbonyl (C=O) groups is 1. The van der Waals surface area contributed by atoms with Crippen molar-refractivity contribution in [1.29, 1.82) is 0 Å². The van der Waals surface area contributed by atoms with Gasteiger partial charge in [0.15, 0.2) is 0 Å². The lowest BCUT2D eigenvalue weighted by Gasteiger charge is -2.14.